The van der Waals surface area contributed by atoms with E-state index < -0.39 is 0 Å². The Hall–Kier alpha value is -1.90. The Bertz CT molecular complexity index is 627. The van der Waals surface area contributed by atoms with Gasteiger partial charge in [0.05, 0.1) is 11.2 Å². The molecule has 1 aliphatic carbocycles. The fourth-order valence-electron chi connectivity index (χ4n) is 3.31. The van der Waals surface area contributed by atoms with Crippen molar-refractivity contribution in [3.63, 3.8) is 0 Å². The highest BCUT2D eigenvalue weighted by atomic mass is 16.1. The minimum absolute atomic E-state index is 0.0808. The van der Waals surface area contributed by atoms with Crippen LogP contribution in [-0.2, 0) is 4.79 Å². The first-order valence-electron chi connectivity index (χ1n) is 7.90. The number of pyridine rings is 1. The van der Waals surface area contributed by atoms with Crippen molar-refractivity contribution < 1.29 is 4.79 Å². The van der Waals surface area contributed by atoms with E-state index >= 15 is 0 Å². The second-order valence-electron chi connectivity index (χ2n) is 6.05. The number of fused-ring (bicyclic) bond motifs is 1. The predicted molar refractivity (Wildman–Crippen MR) is 86.1 cm³/mol. The Labute approximate surface area is 125 Å². The van der Waals surface area contributed by atoms with Crippen LogP contribution in [0.3, 0.4) is 0 Å². The van der Waals surface area contributed by atoms with E-state index in [1.165, 1.54) is 32.1 Å². The number of aromatic nitrogens is 1. The van der Waals surface area contributed by atoms with Gasteiger partial charge in [-0.3, -0.25) is 9.78 Å². The third-order valence-corrected chi connectivity index (χ3v) is 4.67. The van der Waals surface area contributed by atoms with E-state index in [1.54, 1.807) is 6.20 Å². The lowest BCUT2D eigenvalue weighted by molar-refractivity contribution is -0.121. The van der Waals surface area contributed by atoms with Crippen LogP contribution in [0.2, 0.25) is 0 Å². The Morgan fingerprint density at radius 2 is 2.00 bits per heavy atom. The van der Waals surface area contributed by atoms with E-state index in [0.717, 1.165) is 16.6 Å². The number of carbonyl (C=O) groups excluding carboxylic acids is 1. The van der Waals surface area contributed by atoms with Gasteiger partial charge in [0.1, 0.15) is 0 Å². The maximum atomic E-state index is 12.5. The van der Waals surface area contributed by atoms with Crippen molar-refractivity contribution in [3.8, 4) is 0 Å². The second-order valence-corrected chi connectivity index (χ2v) is 6.05. The van der Waals surface area contributed by atoms with Gasteiger partial charge in [0.15, 0.2) is 0 Å². The SMILES string of the molecule is CC(C(=O)Nc1cccc2ncccc12)C1CCCCC1. The summed E-state index contributed by atoms with van der Waals surface area (Å²) in [6, 6.07) is 9.77. The fourth-order valence-corrected chi connectivity index (χ4v) is 3.31. The lowest BCUT2D eigenvalue weighted by Gasteiger charge is -2.26. The topological polar surface area (TPSA) is 42.0 Å². The Balaban J connectivity index is 1.76. The van der Waals surface area contributed by atoms with Crippen LogP contribution in [0.4, 0.5) is 5.69 Å². The predicted octanol–water partition coefficient (Wildman–Crippen LogP) is 4.39. The van der Waals surface area contributed by atoms with Gasteiger partial charge in [0.2, 0.25) is 5.91 Å². The van der Waals surface area contributed by atoms with E-state index in [0.29, 0.717) is 5.92 Å². The first-order valence-corrected chi connectivity index (χ1v) is 7.90. The summed E-state index contributed by atoms with van der Waals surface area (Å²) in [5.74, 6) is 0.752. The van der Waals surface area contributed by atoms with Crippen LogP contribution in [0.5, 0.6) is 0 Å². The van der Waals surface area contributed by atoms with Crippen LogP contribution in [0.25, 0.3) is 10.9 Å². The molecule has 2 aromatic rings. The number of carbonyl (C=O) groups is 1. The molecule has 0 saturated heterocycles. The van der Waals surface area contributed by atoms with Crippen LogP contribution in [0.1, 0.15) is 39.0 Å². The van der Waals surface area contributed by atoms with Gasteiger partial charge in [-0.15, -0.1) is 0 Å². The standard InChI is InChI=1S/C18H22N2O/c1-13(14-7-3-2-4-8-14)18(21)20-17-11-5-10-16-15(17)9-6-12-19-16/h5-6,9-14H,2-4,7-8H2,1H3,(H,20,21). The van der Waals surface area contributed by atoms with Crippen LogP contribution >= 0.6 is 0 Å². The Morgan fingerprint density at radius 3 is 2.81 bits per heavy atom. The van der Waals surface area contributed by atoms with Gasteiger partial charge in [-0.05, 0) is 43.0 Å². The number of anilines is 1. The zero-order chi connectivity index (χ0) is 14.7. The number of nitrogens with zero attached hydrogens (tertiary/aromatic N) is 1. The van der Waals surface area contributed by atoms with Gasteiger partial charge in [-0.25, -0.2) is 0 Å². The average Bonchev–Trinajstić information content (AvgIpc) is 2.55. The summed E-state index contributed by atoms with van der Waals surface area (Å²) in [7, 11) is 0. The van der Waals surface area contributed by atoms with Crippen molar-refractivity contribution in [2.45, 2.75) is 39.0 Å². The van der Waals surface area contributed by atoms with Gasteiger partial charge < -0.3 is 5.32 Å². The zero-order valence-electron chi connectivity index (χ0n) is 12.5. The molecule has 3 heteroatoms. The molecule has 1 heterocycles. The van der Waals surface area contributed by atoms with Crippen molar-refractivity contribution in [1.29, 1.82) is 0 Å². The summed E-state index contributed by atoms with van der Waals surface area (Å²) < 4.78 is 0. The summed E-state index contributed by atoms with van der Waals surface area (Å²) in [6.07, 6.45) is 8.00. The molecule has 1 unspecified atom stereocenters. The summed E-state index contributed by atoms with van der Waals surface area (Å²) in [5, 5.41) is 4.11. The molecule has 1 aliphatic rings. The van der Waals surface area contributed by atoms with Crippen molar-refractivity contribution in [1.82, 2.24) is 4.98 Å². The number of hydrogen-bond donors (Lipinski definition) is 1. The van der Waals surface area contributed by atoms with E-state index in [2.05, 4.69) is 17.2 Å². The fraction of sp³-hybridized carbons (Fsp3) is 0.444. The third-order valence-electron chi connectivity index (χ3n) is 4.67. The molecule has 1 atom stereocenters. The van der Waals surface area contributed by atoms with Gasteiger partial charge >= 0.3 is 0 Å². The smallest absolute Gasteiger partial charge is 0.227 e. The summed E-state index contributed by atoms with van der Waals surface area (Å²) in [4.78, 5) is 16.9. The van der Waals surface area contributed by atoms with Crippen molar-refractivity contribution in [2.24, 2.45) is 11.8 Å². The number of benzene rings is 1. The maximum Gasteiger partial charge on any atom is 0.227 e. The highest BCUT2D eigenvalue weighted by Crippen LogP contribution is 2.31. The lowest BCUT2D eigenvalue weighted by atomic mass is 9.80. The first kappa shape index (κ1) is 14.1. The number of nitrogens with one attached hydrogen (secondary N) is 1. The van der Waals surface area contributed by atoms with Crippen molar-refractivity contribution in [2.75, 3.05) is 5.32 Å². The average molecular weight is 282 g/mol. The molecule has 1 amide bonds. The summed E-state index contributed by atoms with van der Waals surface area (Å²) in [5.41, 5.74) is 1.79. The molecule has 3 nitrogen and oxygen atoms in total. The van der Waals surface area contributed by atoms with Crippen molar-refractivity contribution >= 4 is 22.5 Å². The monoisotopic (exact) mass is 282 g/mol. The van der Waals surface area contributed by atoms with E-state index in [9.17, 15) is 4.79 Å². The highest BCUT2D eigenvalue weighted by Gasteiger charge is 2.25. The van der Waals surface area contributed by atoms with Crippen molar-refractivity contribution in [3.05, 3.63) is 36.5 Å². The molecule has 1 aromatic carbocycles. The van der Waals surface area contributed by atoms with Crippen LogP contribution < -0.4 is 5.32 Å². The largest absolute Gasteiger partial charge is 0.325 e. The minimum Gasteiger partial charge on any atom is -0.325 e. The summed E-state index contributed by atoms with van der Waals surface area (Å²) >= 11 is 0. The molecule has 110 valence electrons. The van der Waals surface area contributed by atoms with Crippen LogP contribution in [0, 0.1) is 11.8 Å². The van der Waals surface area contributed by atoms with E-state index in [4.69, 9.17) is 0 Å². The summed E-state index contributed by atoms with van der Waals surface area (Å²) in [6.45, 7) is 2.06. The Kier molecular flexibility index (Phi) is 4.18. The molecule has 1 fully saturated rings. The molecule has 0 aliphatic heterocycles. The van der Waals surface area contributed by atoms with Crippen LogP contribution in [-0.4, -0.2) is 10.9 Å². The first-order chi connectivity index (χ1) is 10.3. The van der Waals surface area contributed by atoms with Gasteiger partial charge in [-0.1, -0.05) is 32.3 Å². The van der Waals surface area contributed by atoms with Crippen LogP contribution in [0.15, 0.2) is 36.5 Å². The highest BCUT2D eigenvalue weighted by molar-refractivity contribution is 6.01. The maximum absolute atomic E-state index is 12.5. The molecule has 0 bridgehead atoms. The van der Waals surface area contributed by atoms with Gasteiger partial charge in [0, 0.05) is 17.5 Å². The zero-order valence-corrected chi connectivity index (χ0v) is 12.5. The quantitative estimate of drug-likeness (QED) is 0.907. The molecule has 21 heavy (non-hydrogen) atoms. The van der Waals surface area contributed by atoms with E-state index in [-0.39, 0.29) is 11.8 Å². The molecule has 0 radical (unpaired) electrons. The second kappa shape index (κ2) is 6.25. The van der Waals surface area contributed by atoms with E-state index in [1.807, 2.05) is 30.3 Å². The lowest BCUT2D eigenvalue weighted by Crippen LogP contribution is -2.28. The van der Waals surface area contributed by atoms with Gasteiger partial charge in [-0.2, -0.15) is 0 Å². The third kappa shape index (κ3) is 3.07. The molecule has 1 N–H and O–H groups in total. The number of hydrogen-bond acceptors (Lipinski definition) is 2. The molecule has 1 saturated carbocycles. The number of rotatable bonds is 3. The molecule has 0 spiro atoms. The van der Waals surface area contributed by atoms with Gasteiger partial charge in [0.25, 0.3) is 0 Å². The molecule has 1 aromatic heterocycles. The normalized spacial score (nSPS) is 17.6. The Morgan fingerprint density at radius 1 is 1.19 bits per heavy atom. The minimum atomic E-state index is 0.0808. The molecule has 3 rings (SSSR count). The molecular formula is C18H22N2O. The molecular weight excluding hydrogens is 260 g/mol. The number of amides is 1.